The van der Waals surface area contributed by atoms with Crippen LogP contribution in [-0.4, -0.2) is 39.5 Å². The zero-order valence-electron chi connectivity index (χ0n) is 16.5. The highest BCUT2D eigenvalue weighted by Crippen LogP contribution is 2.26. The second kappa shape index (κ2) is 10.9. The van der Waals surface area contributed by atoms with Gasteiger partial charge in [0.25, 0.3) is 0 Å². The summed E-state index contributed by atoms with van der Waals surface area (Å²) in [5, 5.41) is 18.9. The molecule has 0 spiro atoms. The zero-order valence-corrected chi connectivity index (χ0v) is 18.1. The van der Waals surface area contributed by atoms with E-state index in [9.17, 15) is 4.79 Å². The summed E-state index contributed by atoms with van der Waals surface area (Å²) in [6.45, 7) is 3.96. The highest BCUT2D eigenvalue weighted by molar-refractivity contribution is 7.99. The number of nitrogens with zero attached hydrogens (tertiary/aromatic N) is 4. The van der Waals surface area contributed by atoms with Crippen molar-refractivity contribution < 1.29 is 9.53 Å². The second-order valence-electron chi connectivity index (χ2n) is 6.42. The number of rotatable bonds is 10. The summed E-state index contributed by atoms with van der Waals surface area (Å²) in [5.41, 5.74) is 2.01. The standard InChI is InChI=1S/C22H21ClN4O2S/c1-2-29-13-3-12-27-21(18-8-10-19(23)11-9-18)25-26-22(27)30-15-20(28)17-6-4-16(14-24)5-7-17/h4-11H,2-3,12-13,15H2,1H3. The molecular formula is C22H21ClN4O2S. The normalized spacial score (nSPS) is 10.7. The molecule has 154 valence electrons. The Morgan fingerprint density at radius 2 is 1.90 bits per heavy atom. The fourth-order valence-corrected chi connectivity index (χ4v) is 3.81. The third-order valence-corrected chi connectivity index (χ3v) is 5.58. The quantitative estimate of drug-likeness (QED) is 0.254. The summed E-state index contributed by atoms with van der Waals surface area (Å²) in [6, 6.07) is 16.1. The number of Topliss-reactive ketones (excluding diaryl/α,β-unsaturated/α-hetero) is 1. The van der Waals surface area contributed by atoms with Gasteiger partial charge in [-0.15, -0.1) is 10.2 Å². The summed E-state index contributed by atoms with van der Waals surface area (Å²) in [6.07, 6.45) is 0.809. The van der Waals surface area contributed by atoms with E-state index in [1.54, 1.807) is 24.3 Å². The number of aromatic nitrogens is 3. The molecule has 0 saturated carbocycles. The van der Waals surface area contributed by atoms with Crippen LogP contribution < -0.4 is 0 Å². The van der Waals surface area contributed by atoms with Gasteiger partial charge in [0.05, 0.1) is 17.4 Å². The van der Waals surface area contributed by atoms with Crippen molar-refractivity contribution in [3.63, 3.8) is 0 Å². The van der Waals surface area contributed by atoms with Gasteiger partial charge < -0.3 is 9.30 Å². The smallest absolute Gasteiger partial charge is 0.191 e. The van der Waals surface area contributed by atoms with Crippen molar-refractivity contribution in [3.8, 4) is 17.5 Å². The number of benzene rings is 2. The Kier molecular flexibility index (Phi) is 8.03. The molecule has 2 aromatic carbocycles. The van der Waals surface area contributed by atoms with Crippen molar-refractivity contribution in [3.05, 3.63) is 64.7 Å². The Balaban J connectivity index is 1.76. The molecule has 3 aromatic rings. The van der Waals surface area contributed by atoms with E-state index in [0.29, 0.717) is 41.1 Å². The first-order valence-electron chi connectivity index (χ1n) is 9.55. The number of ketones is 1. The minimum atomic E-state index is -0.0265. The van der Waals surface area contributed by atoms with Crippen molar-refractivity contribution in [1.29, 1.82) is 5.26 Å². The fraction of sp³-hybridized carbons (Fsp3) is 0.273. The number of ether oxygens (including phenoxy) is 1. The molecule has 0 bridgehead atoms. The van der Waals surface area contributed by atoms with Crippen LogP contribution in [0.25, 0.3) is 11.4 Å². The Morgan fingerprint density at radius 3 is 2.57 bits per heavy atom. The van der Waals surface area contributed by atoms with Gasteiger partial charge in [0.1, 0.15) is 0 Å². The van der Waals surface area contributed by atoms with Crippen molar-refractivity contribution in [2.45, 2.75) is 25.0 Å². The molecular weight excluding hydrogens is 420 g/mol. The lowest BCUT2D eigenvalue weighted by Crippen LogP contribution is -2.08. The van der Waals surface area contributed by atoms with E-state index < -0.39 is 0 Å². The lowest BCUT2D eigenvalue weighted by atomic mass is 10.1. The molecule has 0 aliphatic heterocycles. The minimum absolute atomic E-state index is 0.0265. The lowest BCUT2D eigenvalue weighted by molar-refractivity contribution is 0.102. The third kappa shape index (κ3) is 5.70. The summed E-state index contributed by atoms with van der Waals surface area (Å²) < 4.78 is 7.47. The van der Waals surface area contributed by atoms with Crippen molar-refractivity contribution >= 4 is 29.1 Å². The molecule has 1 aromatic heterocycles. The molecule has 1 heterocycles. The van der Waals surface area contributed by atoms with E-state index in [2.05, 4.69) is 16.3 Å². The topological polar surface area (TPSA) is 80.8 Å². The number of carbonyl (C=O) groups is 1. The molecule has 0 amide bonds. The molecule has 0 unspecified atom stereocenters. The molecule has 0 radical (unpaired) electrons. The van der Waals surface area contributed by atoms with Crippen LogP contribution in [0.5, 0.6) is 0 Å². The molecule has 0 fully saturated rings. The zero-order chi connectivity index (χ0) is 21.3. The Morgan fingerprint density at radius 1 is 1.17 bits per heavy atom. The van der Waals surface area contributed by atoms with Gasteiger partial charge in [0.2, 0.25) is 0 Å². The second-order valence-corrected chi connectivity index (χ2v) is 7.80. The van der Waals surface area contributed by atoms with Crippen LogP contribution in [0.3, 0.4) is 0 Å². The molecule has 0 N–H and O–H groups in total. The van der Waals surface area contributed by atoms with E-state index >= 15 is 0 Å². The van der Waals surface area contributed by atoms with Gasteiger partial charge in [0.15, 0.2) is 16.8 Å². The maximum atomic E-state index is 12.5. The van der Waals surface area contributed by atoms with Crippen molar-refractivity contribution in [2.75, 3.05) is 19.0 Å². The Hall–Kier alpha value is -2.66. The number of halogens is 1. The van der Waals surface area contributed by atoms with E-state index in [0.717, 1.165) is 17.8 Å². The van der Waals surface area contributed by atoms with Gasteiger partial charge in [-0.25, -0.2) is 0 Å². The molecule has 6 nitrogen and oxygen atoms in total. The predicted molar refractivity (Wildman–Crippen MR) is 118 cm³/mol. The van der Waals surface area contributed by atoms with Gasteiger partial charge >= 0.3 is 0 Å². The lowest BCUT2D eigenvalue weighted by Gasteiger charge is -2.10. The van der Waals surface area contributed by atoms with E-state index in [4.69, 9.17) is 21.6 Å². The number of carbonyl (C=O) groups excluding carboxylic acids is 1. The summed E-state index contributed by atoms with van der Waals surface area (Å²) >= 11 is 7.36. The Bertz CT molecular complexity index is 1030. The average molecular weight is 441 g/mol. The molecule has 0 aliphatic carbocycles. The largest absolute Gasteiger partial charge is 0.382 e. The maximum absolute atomic E-state index is 12.5. The van der Waals surface area contributed by atoms with E-state index in [1.165, 1.54) is 11.8 Å². The van der Waals surface area contributed by atoms with Crippen LogP contribution in [0.1, 0.15) is 29.3 Å². The van der Waals surface area contributed by atoms with Crippen LogP contribution in [0, 0.1) is 11.3 Å². The first kappa shape index (κ1) is 22.0. The summed E-state index contributed by atoms with van der Waals surface area (Å²) in [7, 11) is 0. The van der Waals surface area contributed by atoms with Crippen molar-refractivity contribution in [2.24, 2.45) is 0 Å². The number of thioether (sulfide) groups is 1. The van der Waals surface area contributed by atoms with Gasteiger partial charge in [-0.2, -0.15) is 5.26 Å². The summed E-state index contributed by atoms with van der Waals surface area (Å²) in [4.78, 5) is 12.5. The monoisotopic (exact) mass is 440 g/mol. The predicted octanol–water partition coefficient (Wildman–Crippen LogP) is 4.87. The number of nitriles is 1. The molecule has 30 heavy (non-hydrogen) atoms. The van der Waals surface area contributed by atoms with Crippen LogP contribution in [0.4, 0.5) is 0 Å². The third-order valence-electron chi connectivity index (χ3n) is 4.36. The van der Waals surface area contributed by atoms with Crippen LogP contribution in [0.15, 0.2) is 53.7 Å². The molecule has 0 saturated heterocycles. The van der Waals surface area contributed by atoms with Crippen molar-refractivity contribution in [1.82, 2.24) is 14.8 Å². The highest BCUT2D eigenvalue weighted by atomic mass is 35.5. The maximum Gasteiger partial charge on any atom is 0.191 e. The number of hydrogen-bond donors (Lipinski definition) is 0. The van der Waals surface area contributed by atoms with Gasteiger partial charge in [-0.05, 0) is 49.7 Å². The highest BCUT2D eigenvalue weighted by Gasteiger charge is 2.16. The van der Waals surface area contributed by atoms with Crippen LogP contribution >= 0.6 is 23.4 Å². The van der Waals surface area contributed by atoms with Gasteiger partial charge in [0, 0.05) is 35.9 Å². The fourth-order valence-electron chi connectivity index (χ4n) is 2.82. The van der Waals surface area contributed by atoms with Crippen LogP contribution in [-0.2, 0) is 11.3 Å². The van der Waals surface area contributed by atoms with Crippen LogP contribution in [0.2, 0.25) is 5.02 Å². The molecule has 0 atom stereocenters. The molecule has 3 rings (SSSR count). The molecule has 0 aliphatic rings. The molecule has 8 heteroatoms. The minimum Gasteiger partial charge on any atom is -0.382 e. The SMILES string of the molecule is CCOCCCn1c(SCC(=O)c2ccc(C#N)cc2)nnc1-c1ccc(Cl)cc1. The van der Waals surface area contributed by atoms with E-state index in [1.807, 2.05) is 35.8 Å². The van der Waals surface area contributed by atoms with Gasteiger partial charge in [-0.3, -0.25) is 4.79 Å². The average Bonchev–Trinajstić information content (AvgIpc) is 3.18. The number of hydrogen-bond acceptors (Lipinski definition) is 6. The first-order chi connectivity index (χ1) is 14.6. The first-order valence-corrected chi connectivity index (χ1v) is 10.9. The van der Waals surface area contributed by atoms with E-state index in [-0.39, 0.29) is 11.5 Å². The summed E-state index contributed by atoms with van der Waals surface area (Å²) in [5.74, 6) is 0.939. The van der Waals surface area contributed by atoms with Gasteiger partial charge in [-0.1, -0.05) is 35.5 Å². The Labute approximate surface area is 184 Å².